The van der Waals surface area contributed by atoms with E-state index in [1.54, 1.807) is 0 Å². The zero-order chi connectivity index (χ0) is 9.19. The molecule has 0 spiro atoms. The fourth-order valence-electron chi connectivity index (χ4n) is 1.48. The van der Waals surface area contributed by atoms with Crippen molar-refractivity contribution in [1.82, 2.24) is 0 Å². The minimum Gasteiger partial charge on any atom is -0.0885 e. The van der Waals surface area contributed by atoms with Crippen molar-refractivity contribution in [1.29, 1.82) is 0 Å². The van der Waals surface area contributed by atoms with Gasteiger partial charge in [-0.15, -0.1) is 0 Å². The standard InChI is InChI=1S/C13H20/c1-2-4-6-8-10-12-13-11-9-7-5-3-1/h1-4,9,11H,5-8,10,12-13H2/b3-1+,4-2+,11-9+. The fraction of sp³-hybridized carbons (Fsp3) is 0.538. The lowest BCUT2D eigenvalue weighted by molar-refractivity contribution is 0.695. The Morgan fingerprint density at radius 2 is 1.00 bits per heavy atom. The number of allylic oxidation sites excluding steroid dienone is 6. The topological polar surface area (TPSA) is 0 Å². The normalized spacial score (nSPS) is 27.7. The molecule has 0 radical (unpaired) electrons. The first kappa shape index (κ1) is 10.3. The van der Waals surface area contributed by atoms with E-state index in [4.69, 9.17) is 0 Å². The van der Waals surface area contributed by atoms with Gasteiger partial charge >= 0.3 is 0 Å². The first-order valence-electron chi connectivity index (χ1n) is 5.47. The zero-order valence-electron chi connectivity index (χ0n) is 8.41. The highest BCUT2D eigenvalue weighted by atomic mass is 13.9. The summed E-state index contributed by atoms with van der Waals surface area (Å²) in [5.41, 5.74) is 0. The average molecular weight is 176 g/mol. The van der Waals surface area contributed by atoms with Crippen molar-refractivity contribution in [3.8, 4) is 0 Å². The molecule has 0 N–H and O–H groups in total. The smallest absolute Gasteiger partial charge is 0.0313 e. The summed E-state index contributed by atoms with van der Waals surface area (Å²) in [5, 5.41) is 0. The van der Waals surface area contributed by atoms with Crippen LogP contribution in [0.3, 0.4) is 0 Å². The van der Waals surface area contributed by atoms with E-state index in [2.05, 4.69) is 36.5 Å². The highest BCUT2D eigenvalue weighted by molar-refractivity contribution is 5.03. The molecule has 0 saturated carbocycles. The van der Waals surface area contributed by atoms with Crippen LogP contribution in [-0.4, -0.2) is 0 Å². The molecule has 0 saturated heterocycles. The summed E-state index contributed by atoms with van der Waals surface area (Å²) < 4.78 is 0. The summed E-state index contributed by atoms with van der Waals surface area (Å²) >= 11 is 0. The maximum atomic E-state index is 2.33. The second kappa shape index (κ2) is 7.85. The van der Waals surface area contributed by atoms with E-state index >= 15 is 0 Å². The quantitative estimate of drug-likeness (QED) is 0.480. The van der Waals surface area contributed by atoms with Gasteiger partial charge in [0.05, 0.1) is 0 Å². The highest BCUT2D eigenvalue weighted by Crippen LogP contribution is 2.06. The number of hydrogen-bond acceptors (Lipinski definition) is 0. The van der Waals surface area contributed by atoms with E-state index in [0.29, 0.717) is 0 Å². The van der Waals surface area contributed by atoms with Crippen molar-refractivity contribution in [2.75, 3.05) is 0 Å². The number of rotatable bonds is 0. The Labute approximate surface area is 82.0 Å². The molecule has 0 unspecified atom stereocenters. The van der Waals surface area contributed by atoms with Gasteiger partial charge in [-0.1, -0.05) is 42.9 Å². The van der Waals surface area contributed by atoms with Crippen molar-refractivity contribution in [3.63, 3.8) is 0 Å². The average Bonchev–Trinajstić information content (AvgIpc) is 2.18. The second-order valence-electron chi connectivity index (χ2n) is 3.54. The first-order valence-corrected chi connectivity index (χ1v) is 5.47. The molecule has 0 aromatic rings. The summed E-state index contributed by atoms with van der Waals surface area (Å²) in [6.07, 6.45) is 22.5. The molecule has 0 heterocycles. The molecule has 0 aliphatic heterocycles. The summed E-state index contributed by atoms with van der Waals surface area (Å²) in [7, 11) is 0. The third-order valence-electron chi connectivity index (χ3n) is 2.29. The maximum Gasteiger partial charge on any atom is -0.0313 e. The van der Waals surface area contributed by atoms with Gasteiger partial charge in [0.25, 0.3) is 0 Å². The van der Waals surface area contributed by atoms with Gasteiger partial charge in [-0.2, -0.15) is 0 Å². The first-order chi connectivity index (χ1) is 6.50. The molecule has 1 aliphatic rings. The van der Waals surface area contributed by atoms with Crippen LogP contribution in [0, 0.1) is 0 Å². The van der Waals surface area contributed by atoms with Crippen LogP contribution in [0.15, 0.2) is 36.5 Å². The van der Waals surface area contributed by atoms with E-state index < -0.39 is 0 Å². The largest absolute Gasteiger partial charge is 0.0885 e. The van der Waals surface area contributed by atoms with Crippen LogP contribution >= 0.6 is 0 Å². The van der Waals surface area contributed by atoms with E-state index in [0.717, 1.165) is 0 Å². The van der Waals surface area contributed by atoms with Crippen molar-refractivity contribution < 1.29 is 0 Å². The van der Waals surface area contributed by atoms with Crippen molar-refractivity contribution in [2.24, 2.45) is 0 Å². The minimum atomic E-state index is 1.18. The Bertz CT molecular complexity index is 184. The monoisotopic (exact) mass is 176 g/mol. The zero-order valence-corrected chi connectivity index (χ0v) is 8.41. The summed E-state index contributed by atoms with van der Waals surface area (Å²) in [6.45, 7) is 0. The maximum absolute atomic E-state index is 2.33. The van der Waals surface area contributed by atoms with Gasteiger partial charge in [0.1, 0.15) is 0 Å². The van der Waals surface area contributed by atoms with Crippen LogP contribution in [0.5, 0.6) is 0 Å². The SMILES string of the molecule is C1=C/CC/C=C/CCCCC/C=C/1. The Morgan fingerprint density at radius 3 is 1.85 bits per heavy atom. The van der Waals surface area contributed by atoms with E-state index in [1.807, 2.05) is 0 Å². The fourth-order valence-corrected chi connectivity index (χ4v) is 1.48. The Balaban J connectivity index is 2.28. The minimum absolute atomic E-state index is 1.18. The lowest BCUT2D eigenvalue weighted by Gasteiger charge is -1.94. The van der Waals surface area contributed by atoms with E-state index in [9.17, 15) is 0 Å². The molecule has 0 nitrogen and oxygen atoms in total. The summed E-state index contributed by atoms with van der Waals surface area (Å²) in [5.74, 6) is 0. The van der Waals surface area contributed by atoms with Crippen LogP contribution in [0.4, 0.5) is 0 Å². The Hall–Kier alpha value is -0.780. The Kier molecular flexibility index (Phi) is 6.22. The van der Waals surface area contributed by atoms with E-state index in [-0.39, 0.29) is 0 Å². The summed E-state index contributed by atoms with van der Waals surface area (Å²) in [6, 6.07) is 0. The lowest BCUT2D eigenvalue weighted by Crippen LogP contribution is -1.74. The van der Waals surface area contributed by atoms with Gasteiger partial charge in [0.15, 0.2) is 0 Å². The molecule has 0 heteroatoms. The molecule has 0 aromatic carbocycles. The van der Waals surface area contributed by atoms with Crippen LogP contribution in [0.1, 0.15) is 44.9 Å². The molecule has 0 fully saturated rings. The molecule has 0 aromatic heterocycles. The van der Waals surface area contributed by atoms with Crippen LogP contribution in [0.2, 0.25) is 0 Å². The van der Waals surface area contributed by atoms with E-state index in [1.165, 1.54) is 44.9 Å². The molecule has 0 amide bonds. The lowest BCUT2D eigenvalue weighted by atomic mass is 10.1. The molecule has 1 aliphatic carbocycles. The van der Waals surface area contributed by atoms with Crippen molar-refractivity contribution in [3.05, 3.63) is 36.5 Å². The Morgan fingerprint density at radius 1 is 0.462 bits per heavy atom. The van der Waals surface area contributed by atoms with Crippen LogP contribution in [0.25, 0.3) is 0 Å². The van der Waals surface area contributed by atoms with Gasteiger partial charge in [0.2, 0.25) is 0 Å². The second-order valence-corrected chi connectivity index (χ2v) is 3.54. The third-order valence-corrected chi connectivity index (χ3v) is 2.29. The van der Waals surface area contributed by atoms with Gasteiger partial charge in [-0.25, -0.2) is 0 Å². The molecule has 1 rings (SSSR count). The van der Waals surface area contributed by atoms with Crippen LogP contribution in [-0.2, 0) is 0 Å². The third kappa shape index (κ3) is 6.39. The predicted octanol–water partition coefficient (Wildman–Crippen LogP) is 4.40. The molecular formula is C13H20. The predicted molar refractivity (Wildman–Crippen MR) is 59.7 cm³/mol. The molecule has 72 valence electrons. The van der Waals surface area contributed by atoms with Crippen molar-refractivity contribution in [2.45, 2.75) is 44.9 Å². The molecule has 0 bridgehead atoms. The van der Waals surface area contributed by atoms with Gasteiger partial charge in [-0.3, -0.25) is 0 Å². The molecule has 13 heavy (non-hydrogen) atoms. The summed E-state index contributed by atoms with van der Waals surface area (Å²) in [4.78, 5) is 0. The molecular weight excluding hydrogens is 156 g/mol. The highest BCUT2D eigenvalue weighted by Gasteiger charge is 1.86. The van der Waals surface area contributed by atoms with Gasteiger partial charge in [-0.05, 0) is 38.5 Å². The van der Waals surface area contributed by atoms with Gasteiger partial charge < -0.3 is 0 Å². The van der Waals surface area contributed by atoms with Gasteiger partial charge in [0, 0.05) is 0 Å². The van der Waals surface area contributed by atoms with Crippen molar-refractivity contribution >= 4 is 0 Å². The number of hydrogen-bond donors (Lipinski definition) is 0. The van der Waals surface area contributed by atoms with Crippen LogP contribution < -0.4 is 0 Å². The molecule has 0 atom stereocenters.